The van der Waals surface area contributed by atoms with Crippen LogP contribution in [0.5, 0.6) is 0 Å². The number of benzene rings is 3. The molecule has 2 atom stereocenters. The van der Waals surface area contributed by atoms with Crippen LogP contribution in [0.1, 0.15) is 48.2 Å². The predicted molar refractivity (Wildman–Crippen MR) is 180 cm³/mol. The number of carbonyl (C=O) groups excluding carboxylic acids is 3. The number of nitrogens with zero attached hydrogens (tertiary/aromatic N) is 5. The average molecular weight is 615 g/mol. The summed E-state index contributed by atoms with van der Waals surface area (Å²) in [6, 6.07) is 21.7. The van der Waals surface area contributed by atoms with E-state index in [1.165, 1.54) is 11.9 Å². The van der Waals surface area contributed by atoms with Gasteiger partial charge < -0.3 is 15.2 Å². The van der Waals surface area contributed by atoms with Gasteiger partial charge in [0.25, 0.3) is 0 Å². The van der Waals surface area contributed by atoms with Crippen molar-refractivity contribution in [3.8, 4) is 11.1 Å². The van der Waals surface area contributed by atoms with Crippen LogP contribution in [-0.2, 0) is 11.3 Å². The average Bonchev–Trinajstić information content (AvgIpc) is 3.48. The third-order valence-corrected chi connectivity index (χ3v) is 8.38. The Hall–Kier alpha value is -5.44. The summed E-state index contributed by atoms with van der Waals surface area (Å²) < 4.78 is 1.90. The Morgan fingerprint density at radius 1 is 0.913 bits per heavy atom. The Bertz CT molecular complexity index is 2020. The Morgan fingerprint density at radius 2 is 1.63 bits per heavy atom. The second-order valence-corrected chi connectivity index (χ2v) is 11.4. The second kappa shape index (κ2) is 14.1. The number of aromatic nitrogens is 4. The largest absolute Gasteiger partial charge is 0.351 e. The molecular formula is C37H38N6O3. The maximum atomic E-state index is 12.4. The normalized spacial score (nSPS) is 15.8. The molecule has 2 aromatic heterocycles. The second-order valence-electron chi connectivity index (χ2n) is 11.4. The molecule has 0 saturated carbocycles. The first-order chi connectivity index (χ1) is 22.2. The number of Topliss-reactive ketones (excluding diaryl/α,β-unsaturated/α-hetero) is 2. The first-order valence-electron chi connectivity index (χ1n) is 15.4. The molecule has 0 spiro atoms. The van der Waals surface area contributed by atoms with Crippen LogP contribution in [0.25, 0.3) is 34.4 Å². The summed E-state index contributed by atoms with van der Waals surface area (Å²) in [5.41, 5.74) is 11.9. The highest BCUT2D eigenvalue weighted by Gasteiger charge is 2.27. The third kappa shape index (κ3) is 6.78. The van der Waals surface area contributed by atoms with Crippen LogP contribution < -0.4 is 16.2 Å². The van der Waals surface area contributed by atoms with E-state index >= 15 is 0 Å². The molecule has 2 aliphatic rings. The molecule has 2 unspecified atom stereocenters. The zero-order valence-corrected chi connectivity index (χ0v) is 26.6. The van der Waals surface area contributed by atoms with E-state index in [1.807, 2.05) is 86.0 Å². The van der Waals surface area contributed by atoms with Crippen LogP contribution in [-0.4, -0.2) is 55.1 Å². The van der Waals surface area contributed by atoms with Gasteiger partial charge in [0.15, 0.2) is 11.4 Å². The van der Waals surface area contributed by atoms with E-state index < -0.39 is 6.03 Å². The number of urea groups is 1. The molecule has 0 fully saturated rings. The first kappa shape index (κ1) is 32.0. The molecule has 9 heteroatoms. The highest BCUT2D eigenvalue weighted by atomic mass is 16.2. The number of hydrogen-bond acceptors (Lipinski definition) is 6. The van der Waals surface area contributed by atoms with Crippen LogP contribution in [0.15, 0.2) is 85.6 Å². The molecule has 234 valence electrons. The molecule has 46 heavy (non-hydrogen) atoms. The smallest absolute Gasteiger partial charge is 0.314 e. The van der Waals surface area contributed by atoms with Gasteiger partial charge in [-0.15, -0.1) is 0 Å². The Balaban J connectivity index is 0.000000153. The standard InChI is InChI=1S/C20H16O2.C10H14N6O.C7H8/c1-11-9-17-13(12(2)20(11)22)7-8-15-14-5-3-4-6-16(14)19(21)10-18(15)17;1-2-15(10(11)17)3-4-16-7-14-9-8(16)5-12-6-13-9;1-7-5-3-2-4-6-7/h3-12H,1-2H3;5-7H,2-4H2,1H3,(H2,11,17);2-6H,1H3. The lowest BCUT2D eigenvalue weighted by Gasteiger charge is -2.23. The van der Waals surface area contributed by atoms with E-state index in [9.17, 15) is 14.4 Å². The summed E-state index contributed by atoms with van der Waals surface area (Å²) >= 11 is 0. The van der Waals surface area contributed by atoms with Gasteiger partial charge in [0.1, 0.15) is 17.6 Å². The van der Waals surface area contributed by atoms with Crippen molar-refractivity contribution in [2.45, 2.75) is 40.2 Å². The molecule has 2 amide bonds. The zero-order valence-electron chi connectivity index (χ0n) is 26.6. The van der Waals surface area contributed by atoms with Gasteiger partial charge >= 0.3 is 6.03 Å². The fourth-order valence-corrected chi connectivity index (χ4v) is 5.80. The van der Waals surface area contributed by atoms with Gasteiger partial charge in [-0.25, -0.2) is 19.7 Å². The summed E-state index contributed by atoms with van der Waals surface area (Å²) in [6.45, 7) is 9.63. The highest BCUT2D eigenvalue weighted by Crippen LogP contribution is 2.27. The minimum atomic E-state index is -0.409. The molecule has 0 bridgehead atoms. The topological polar surface area (TPSA) is 124 Å². The van der Waals surface area contributed by atoms with Crippen LogP contribution in [0.2, 0.25) is 0 Å². The van der Waals surface area contributed by atoms with Crippen LogP contribution in [0, 0.1) is 12.8 Å². The minimum Gasteiger partial charge on any atom is -0.351 e. The SMILES string of the molecule is CC1C=c2c(ccc3c2=CC(=O)c2ccccc2-3)C(C)C1=O.CCN(CCn1cnc2ncncc21)C(N)=O.Cc1ccccc1. The van der Waals surface area contributed by atoms with Gasteiger partial charge in [0.2, 0.25) is 0 Å². The van der Waals surface area contributed by atoms with Crippen molar-refractivity contribution in [2.24, 2.45) is 11.7 Å². The third-order valence-electron chi connectivity index (χ3n) is 8.38. The van der Waals surface area contributed by atoms with Gasteiger partial charge in [0, 0.05) is 37.0 Å². The summed E-state index contributed by atoms with van der Waals surface area (Å²) in [4.78, 5) is 49.4. The number of aryl methyl sites for hydroxylation is 1. The summed E-state index contributed by atoms with van der Waals surface area (Å²) in [6.07, 6.45) is 8.59. The van der Waals surface area contributed by atoms with E-state index in [0.29, 0.717) is 25.3 Å². The van der Waals surface area contributed by atoms with Gasteiger partial charge in [-0.3, -0.25) is 9.59 Å². The van der Waals surface area contributed by atoms with E-state index in [1.54, 1.807) is 23.5 Å². The molecule has 0 saturated heterocycles. The Kier molecular flexibility index (Phi) is 9.81. The maximum Gasteiger partial charge on any atom is 0.314 e. The maximum absolute atomic E-state index is 12.4. The number of likely N-dealkylation sites (N-methyl/N-ethyl adjacent to an activating group) is 1. The number of ketones is 2. The molecule has 2 N–H and O–H groups in total. The van der Waals surface area contributed by atoms with Crippen molar-refractivity contribution in [3.63, 3.8) is 0 Å². The van der Waals surface area contributed by atoms with Crippen molar-refractivity contribution in [1.29, 1.82) is 0 Å². The van der Waals surface area contributed by atoms with Crippen molar-refractivity contribution < 1.29 is 14.4 Å². The zero-order chi connectivity index (χ0) is 32.8. The number of rotatable bonds is 4. The molecule has 3 aromatic carbocycles. The van der Waals surface area contributed by atoms with Crippen molar-refractivity contribution >= 4 is 40.9 Å². The summed E-state index contributed by atoms with van der Waals surface area (Å²) in [7, 11) is 0. The predicted octanol–water partition coefficient (Wildman–Crippen LogP) is 4.66. The molecule has 0 radical (unpaired) electrons. The molecule has 0 aliphatic heterocycles. The molecular weight excluding hydrogens is 576 g/mol. The van der Waals surface area contributed by atoms with Crippen LogP contribution in [0.4, 0.5) is 4.79 Å². The highest BCUT2D eigenvalue weighted by molar-refractivity contribution is 6.22. The number of imidazole rings is 1. The lowest BCUT2D eigenvalue weighted by Crippen LogP contribution is -2.40. The minimum absolute atomic E-state index is 0.0436. The quantitative estimate of drug-likeness (QED) is 0.314. The number of nitrogens with two attached hydrogens (primary N) is 1. The monoisotopic (exact) mass is 614 g/mol. The lowest BCUT2D eigenvalue weighted by molar-refractivity contribution is -0.122. The number of primary amides is 1. The Labute approximate surface area is 268 Å². The van der Waals surface area contributed by atoms with Crippen molar-refractivity contribution in [2.75, 3.05) is 13.1 Å². The van der Waals surface area contributed by atoms with E-state index in [0.717, 1.165) is 38.2 Å². The number of amides is 2. The van der Waals surface area contributed by atoms with Crippen molar-refractivity contribution in [3.05, 3.63) is 113 Å². The summed E-state index contributed by atoms with van der Waals surface area (Å²) in [5.74, 6) is 0.0766. The molecule has 9 nitrogen and oxygen atoms in total. The fraction of sp³-hybridized carbons (Fsp3) is 0.243. The van der Waals surface area contributed by atoms with E-state index in [-0.39, 0.29) is 23.4 Å². The van der Waals surface area contributed by atoms with E-state index in [4.69, 9.17) is 5.73 Å². The van der Waals surface area contributed by atoms with Gasteiger partial charge in [0.05, 0.1) is 12.5 Å². The molecule has 2 heterocycles. The number of fused-ring (bicyclic) bond motifs is 6. The van der Waals surface area contributed by atoms with Gasteiger partial charge in [-0.2, -0.15) is 0 Å². The first-order valence-corrected chi connectivity index (χ1v) is 15.4. The number of hydrogen-bond donors (Lipinski definition) is 1. The van der Waals surface area contributed by atoms with Crippen LogP contribution in [0.3, 0.4) is 0 Å². The number of carbonyl (C=O) groups is 3. The Morgan fingerprint density at radius 3 is 2.30 bits per heavy atom. The lowest BCUT2D eigenvalue weighted by atomic mass is 9.79. The summed E-state index contributed by atoms with van der Waals surface area (Å²) in [5, 5.41) is 2.02. The molecule has 2 aliphatic carbocycles. The van der Waals surface area contributed by atoms with Crippen molar-refractivity contribution in [1.82, 2.24) is 24.4 Å². The van der Waals surface area contributed by atoms with Gasteiger partial charge in [-0.1, -0.05) is 92.2 Å². The van der Waals surface area contributed by atoms with Crippen LogP contribution >= 0.6 is 0 Å². The molecule has 5 aromatic rings. The van der Waals surface area contributed by atoms with E-state index in [2.05, 4.69) is 34.0 Å². The van der Waals surface area contributed by atoms with Gasteiger partial charge in [-0.05, 0) is 47.1 Å². The fourth-order valence-electron chi connectivity index (χ4n) is 5.80. The molecule has 7 rings (SSSR count).